The van der Waals surface area contributed by atoms with Crippen molar-refractivity contribution in [1.82, 2.24) is 5.16 Å². The fraction of sp³-hybridized carbons (Fsp3) is 0.375. The minimum Gasteiger partial charge on any atom is -0.497 e. The Hall–Kier alpha value is -2.54. The van der Waals surface area contributed by atoms with Gasteiger partial charge in [0.15, 0.2) is 17.1 Å². The number of benzene rings is 1. The highest BCUT2D eigenvalue weighted by atomic mass is 16.5. The monoisotopic (exact) mass is 318 g/mol. The van der Waals surface area contributed by atoms with E-state index in [1.165, 1.54) is 0 Å². The molecule has 0 saturated carbocycles. The summed E-state index contributed by atoms with van der Waals surface area (Å²) in [5.74, 6) is 0.0302. The highest BCUT2D eigenvalue weighted by Gasteiger charge is 2.25. The number of nitrogens with one attached hydrogen (secondary N) is 1. The van der Waals surface area contributed by atoms with Gasteiger partial charge >= 0.3 is 5.97 Å². The molecule has 1 aromatic heterocycles. The smallest absolute Gasteiger partial charge is 0.343 e. The number of aromatic carboxylic acids is 1. The Morgan fingerprint density at radius 3 is 2.83 bits per heavy atom. The summed E-state index contributed by atoms with van der Waals surface area (Å²) in [6.45, 7) is 1.25. The number of anilines is 1. The summed E-state index contributed by atoms with van der Waals surface area (Å²) < 4.78 is 15.9. The van der Waals surface area contributed by atoms with Crippen LogP contribution in [0.3, 0.4) is 0 Å². The number of carbonyl (C=O) groups is 1. The van der Waals surface area contributed by atoms with E-state index in [1.807, 2.05) is 0 Å². The largest absolute Gasteiger partial charge is 0.497 e. The first-order valence-corrected chi connectivity index (χ1v) is 7.42. The van der Waals surface area contributed by atoms with Gasteiger partial charge in [0.05, 0.1) is 13.2 Å². The number of hydrogen-bond donors (Lipinski definition) is 2. The van der Waals surface area contributed by atoms with E-state index in [1.54, 1.807) is 31.4 Å². The zero-order chi connectivity index (χ0) is 16.2. The van der Waals surface area contributed by atoms with E-state index in [4.69, 9.17) is 14.0 Å². The van der Waals surface area contributed by atoms with E-state index in [9.17, 15) is 9.90 Å². The first-order chi connectivity index (χ1) is 11.2. The van der Waals surface area contributed by atoms with Crippen molar-refractivity contribution in [2.24, 2.45) is 0 Å². The zero-order valence-electron chi connectivity index (χ0n) is 12.7. The molecule has 0 amide bonds. The number of aromatic nitrogens is 1. The molecule has 7 nitrogen and oxygen atoms in total. The van der Waals surface area contributed by atoms with E-state index < -0.39 is 5.97 Å². The van der Waals surface area contributed by atoms with Crippen LogP contribution in [0.15, 0.2) is 28.8 Å². The Labute approximate surface area is 133 Å². The third-order valence-electron chi connectivity index (χ3n) is 3.78. The fourth-order valence-corrected chi connectivity index (χ4v) is 2.56. The van der Waals surface area contributed by atoms with Gasteiger partial charge in [-0.1, -0.05) is 5.16 Å². The molecule has 1 fully saturated rings. The predicted octanol–water partition coefficient (Wildman–Crippen LogP) is 2.64. The number of carboxylic acid groups (broad SMARTS) is 1. The van der Waals surface area contributed by atoms with Gasteiger partial charge < -0.3 is 24.4 Å². The summed E-state index contributed by atoms with van der Waals surface area (Å²) in [6.07, 6.45) is 2.06. The lowest BCUT2D eigenvalue weighted by Gasteiger charge is -2.09. The molecule has 1 aliphatic rings. The Morgan fingerprint density at radius 1 is 1.43 bits per heavy atom. The van der Waals surface area contributed by atoms with Crippen molar-refractivity contribution >= 4 is 11.8 Å². The van der Waals surface area contributed by atoms with Crippen molar-refractivity contribution in [3.63, 3.8) is 0 Å². The maximum absolute atomic E-state index is 11.6. The van der Waals surface area contributed by atoms with Gasteiger partial charge in [-0.2, -0.15) is 0 Å². The molecule has 0 radical (unpaired) electrons. The van der Waals surface area contributed by atoms with E-state index in [0.717, 1.165) is 19.4 Å². The predicted molar refractivity (Wildman–Crippen MR) is 82.9 cm³/mol. The quantitative estimate of drug-likeness (QED) is 0.845. The molecule has 2 heterocycles. The lowest BCUT2D eigenvalue weighted by atomic mass is 10.1. The number of hydrogen-bond acceptors (Lipinski definition) is 6. The molecule has 0 aliphatic carbocycles. The van der Waals surface area contributed by atoms with Crippen LogP contribution in [-0.4, -0.2) is 42.6 Å². The van der Waals surface area contributed by atoms with Crippen LogP contribution in [0.25, 0.3) is 11.3 Å². The topological polar surface area (TPSA) is 93.8 Å². The van der Waals surface area contributed by atoms with Gasteiger partial charge in [-0.15, -0.1) is 0 Å². The van der Waals surface area contributed by atoms with Crippen LogP contribution >= 0.6 is 0 Å². The Bertz CT molecular complexity index is 674. The van der Waals surface area contributed by atoms with Gasteiger partial charge in [0, 0.05) is 18.7 Å². The highest BCUT2D eigenvalue weighted by Crippen LogP contribution is 2.30. The van der Waals surface area contributed by atoms with Crippen molar-refractivity contribution in [1.29, 1.82) is 0 Å². The Balaban J connectivity index is 1.83. The van der Waals surface area contributed by atoms with Crippen LogP contribution in [0.2, 0.25) is 0 Å². The normalized spacial score (nSPS) is 17.2. The molecule has 2 N–H and O–H groups in total. The lowest BCUT2D eigenvalue weighted by Crippen LogP contribution is -2.19. The number of rotatable bonds is 6. The number of methoxy groups -OCH3 is 1. The summed E-state index contributed by atoms with van der Waals surface area (Å²) >= 11 is 0. The van der Waals surface area contributed by atoms with Gasteiger partial charge in [0.2, 0.25) is 0 Å². The second-order valence-electron chi connectivity index (χ2n) is 5.28. The molecule has 0 unspecified atom stereocenters. The van der Waals surface area contributed by atoms with Gasteiger partial charge in [0.25, 0.3) is 0 Å². The average Bonchev–Trinajstić information content (AvgIpc) is 3.22. The first-order valence-electron chi connectivity index (χ1n) is 7.42. The van der Waals surface area contributed by atoms with Crippen molar-refractivity contribution in [3.8, 4) is 17.1 Å². The third-order valence-corrected chi connectivity index (χ3v) is 3.78. The van der Waals surface area contributed by atoms with E-state index in [0.29, 0.717) is 17.9 Å². The first kappa shape index (κ1) is 15.4. The van der Waals surface area contributed by atoms with Crippen molar-refractivity contribution in [2.75, 3.05) is 25.6 Å². The summed E-state index contributed by atoms with van der Waals surface area (Å²) in [4.78, 5) is 11.6. The van der Waals surface area contributed by atoms with Gasteiger partial charge in [-0.3, -0.25) is 0 Å². The number of nitrogens with zero attached hydrogens (tertiary/aromatic N) is 1. The standard InChI is InChI=1S/C16H18N2O5/c1-21-11-6-4-10(5-7-11)14-13(16(19)20)15(18-23-14)17-9-12-3-2-8-22-12/h4-7,12H,2-3,8-9H2,1H3,(H,17,18)(H,19,20)/t12-/m0/s1. The molecule has 0 spiro atoms. The maximum Gasteiger partial charge on any atom is 0.343 e. The molecule has 7 heteroatoms. The summed E-state index contributed by atoms with van der Waals surface area (Å²) in [5.41, 5.74) is 0.647. The average molecular weight is 318 g/mol. The Morgan fingerprint density at radius 2 is 2.22 bits per heavy atom. The van der Waals surface area contributed by atoms with Crippen molar-refractivity contribution in [2.45, 2.75) is 18.9 Å². The highest BCUT2D eigenvalue weighted by molar-refractivity contribution is 5.99. The van der Waals surface area contributed by atoms with Gasteiger partial charge in [-0.25, -0.2) is 4.79 Å². The van der Waals surface area contributed by atoms with Crippen LogP contribution < -0.4 is 10.1 Å². The van der Waals surface area contributed by atoms with Gasteiger partial charge in [0.1, 0.15) is 5.75 Å². The molecular weight excluding hydrogens is 300 g/mol. The molecule has 0 bridgehead atoms. The minimum absolute atomic E-state index is 0.0214. The Kier molecular flexibility index (Phi) is 4.47. The van der Waals surface area contributed by atoms with Crippen LogP contribution in [0.4, 0.5) is 5.82 Å². The molecule has 1 aliphatic heterocycles. The van der Waals surface area contributed by atoms with E-state index >= 15 is 0 Å². The van der Waals surface area contributed by atoms with Crippen LogP contribution in [-0.2, 0) is 4.74 Å². The SMILES string of the molecule is COc1ccc(-c2onc(NC[C@@H]3CCCO3)c2C(=O)O)cc1. The molecule has 1 saturated heterocycles. The second-order valence-corrected chi connectivity index (χ2v) is 5.28. The summed E-state index contributed by atoms with van der Waals surface area (Å²) in [7, 11) is 1.57. The van der Waals surface area contributed by atoms with Gasteiger partial charge in [-0.05, 0) is 37.1 Å². The van der Waals surface area contributed by atoms with Crippen LogP contribution in [0.1, 0.15) is 23.2 Å². The molecule has 1 aromatic carbocycles. The fourth-order valence-electron chi connectivity index (χ4n) is 2.56. The molecule has 122 valence electrons. The molecule has 2 aromatic rings. The van der Waals surface area contributed by atoms with Crippen LogP contribution in [0.5, 0.6) is 5.75 Å². The summed E-state index contributed by atoms with van der Waals surface area (Å²) in [6, 6.07) is 6.94. The maximum atomic E-state index is 11.6. The number of ether oxygens (including phenoxy) is 2. The van der Waals surface area contributed by atoms with E-state index in [2.05, 4.69) is 10.5 Å². The van der Waals surface area contributed by atoms with E-state index in [-0.39, 0.29) is 23.2 Å². The lowest BCUT2D eigenvalue weighted by molar-refractivity contribution is 0.0698. The van der Waals surface area contributed by atoms with Crippen LogP contribution in [0, 0.1) is 0 Å². The molecule has 23 heavy (non-hydrogen) atoms. The number of carboxylic acids is 1. The third kappa shape index (κ3) is 3.29. The molecule has 3 rings (SSSR count). The molecular formula is C16H18N2O5. The molecule has 1 atom stereocenters. The van der Waals surface area contributed by atoms with Crippen molar-refractivity contribution in [3.05, 3.63) is 29.8 Å². The summed E-state index contributed by atoms with van der Waals surface area (Å²) in [5, 5.41) is 16.4. The minimum atomic E-state index is -1.09. The van der Waals surface area contributed by atoms with Crippen molar-refractivity contribution < 1.29 is 23.9 Å². The zero-order valence-corrected chi connectivity index (χ0v) is 12.7. The second kappa shape index (κ2) is 6.70.